The molecular weight excluding hydrogens is 342 g/mol. The zero-order chi connectivity index (χ0) is 18.2. The first-order valence-corrected chi connectivity index (χ1v) is 9.22. The summed E-state index contributed by atoms with van der Waals surface area (Å²) < 4.78 is 37.9. The Kier molecular flexibility index (Phi) is 4.43. The Morgan fingerprint density at radius 2 is 1.88 bits per heavy atom. The molecular formula is C18H19NO5S. The molecule has 132 valence electrons. The number of esters is 1. The number of carbonyl (C=O) groups is 1. The summed E-state index contributed by atoms with van der Waals surface area (Å²) >= 11 is 0. The molecule has 1 aliphatic rings. The van der Waals surface area contributed by atoms with E-state index in [0.29, 0.717) is 11.4 Å². The molecule has 1 atom stereocenters. The number of benzene rings is 2. The van der Waals surface area contributed by atoms with Crippen molar-refractivity contribution in [3.63, 3.8) is 0 Å². The van der Waals surface area contributed by atoms with E-state index in [1.165, 1.54) is 11.4 Å². The number of methoxy groups -OCH3 is 1. The van der Waals surface area contributed by atoms with Crippen molar-refractivity contribution in [2.24, 2.45) is 0 Å². The number of aryl methyl sites for hydroxylation is 2. The van der Waals surface area contributed by atoms with Gasteiger partial charge in [-0.2, -0.15) is 0 Å². The Hall–Kier alpha value is -2.54. The molecule has 1 heterocycles. The normalized spacial score (nSPS) is 16.8. The SMILES string of the molecule is COC(=O)[C@@H]1CN(S(=O)(=O)c2ccc(C)c(C)c2)c2ccccc2O1. The van der Waals surface area contributed by atoms with Crippen LogP contribution in [0.25, 0.3) is 0 Å². The van der Waals surface area contributed by atoms with E-state index >= 15 is 0 Å². The maximum atomic E-state index is 13.2. The highest BCUT2D eigenvalue weighted by atomic mass is 32.2. The number of anilines is 1. The molecule has 25 heavy (non-hydrogen) atoms. The molecule has 0 saturated carbocycles. The van der Waals surface area contributed by atoms with Crippen LogP contribution in [-0.4, -0.2) is 34.1 Å². The van der Waals surface area contributed by atoms with Crippen molar-refractivity contribution >= 4 is 21.7 Å². The number of fused-ring (bicyclic) bond motifs is 1. The summed E-state index contributed by atoms with van der Waals surface area (Å²) in [5.74, 6) is -0.286. The summed E-state index contributed by atoms with van der Waals surface area (Å²) in [5, 5.41) is 0. The number of carbonyl (C=O) groups excluding carboxylic acids is 1. The highest BCUT2D eigenvalue weighted by Gasteiger charge is 2.38. The molecule has 0 unspecified atom stereocenters. The second-order valence-electron chi connectivity index (χ2n) is 5.88. The lowest BCUT2D eigenvalue weighted by atomic mass is 10.1. The summed E-state index contributed by atoms with van der Waals surface area (Å²) in [6.45, 7) is 3.64. The Morgan fingerprint density at radius 3 is 2.56 bits per heavy atom. The van der Waals surface area contributed by atoms with Crippen molar-refractivity contribution in [1.29, 1.82) is 0 Å². The van der Waals surface area contributed by atoms with Crippen LogP contribution in [-0.2, 0) is 19.6 Å². The van der Waals surface area contributed by atoms with Crippen LogP contribution in [0, 0.1) is 13.8 Å². The standard InChI is InChI=1S/C18H19NO5S/c1-12-8-9-14(10-13(12)2)25(21,22)19-11-17(18(20)23-3)24-16-7-5-4-6-15(16)19/h4-10,17H,11H2,1-3H3/t17-/m0/s1. The number of nitrogens with zero attached hydrogens (tertiary/aromatic N) is 1. The summed E-state index contributed by atoms with van der Waals surface area (Å²) in [5.41, 5.74) is 2.29. The van der Waals surface area contributed by atoms with Gasteiger partial charge in [0.15, 0.2) is 0 Å². The Bertz CT molecular complexity index is 923. The quantitative estimate of drug-likeness (QED) is 0.785. The van der Waals surface area contributed by atoms with Gasteiger partial charge in [0.1, 0.15) is 5.75 Å². The molecule has 0 amide bonds. The molecule has 0 saturated heterocycles. The first kappa shape index (κ1) is 17.3. The van der Waals surface area contributed by atoms with E-state index in [0.717, 1.165) is 11.1 Å². The third-order valence-electron chi connectivity index (χ3n) is 4.27. The van der Waals surface area contributed by atoms with E-state index in [1.807, 2.05) is 13.8 Å². The second kappa shape index (κ2) is 6.40. The van der Waals surface area contributed by atoms with Crippen molar-refractivity contribution in [3.05, 3.63) is 53.6 Å². The lowest BCUT2D eigenvalue weighted by Gasteiger charge is -2.34. The number of ether oxygens (including phenoxy) is 2. The van der Waals surface area contributed by atoms with Crippen molar-refractivity contribution < 1.29 is 22.7 Å². The van der Waals surface area contributed by atoms with Gasteiger partial charge in [0.05, 0.1) is 24.2 Å². The third kappa shape index (κ3) is 3.07. The van der Waals surface area contributed by atoms with Crippen molar-refractivity contribution in [2.75, 3.05) is 18.0 Å². The van der Waals surface area contributed by atoms with Gasteiger partial charge in [0.25, 0.3) is 10.0 Å². The minimum atomic E-state index is -3.84. The fourth-order valence-electron chi connectivity index (χ4n) is 2.69. The van der Waals surface area contributed by atoms with Crippen molar-refractivity contribution in [3.8, 4) is 5.75 Å². The topological polar surface area (TPSA) is 72.9 Å². The lowest BCUT2D eigenvalue weighted by molar-refractivity contribution is -0.148. The Morgan fingerprint density at radius 1 is 1.16 bits per heavy atom. The average molecular weight is 361 g/mol. The fraction of sp³-hybridized carbons (Fsp3) is 0.278. The van der Waals surface area contributed by atoms with Gasteiger partial charge < -0.3 is 9.47 Å². The summed E-state index contributed by atoms with van der Waals surface area (Å²) in [7, 11) is -2.60. The molecule has 7 heteroatoms. The van der Waals surface area contributed by atoms with Crippen molar-refractivity contribution in [1.82, 2.24) is 0 Å². The number of rotatable bonds is 3. The maximum absolute atomic E-state index is 13.2. The summed E-state index contributed by atoms with van der Waals surface area (Å²) in [6.07, 6.45) is -1.01. The van der Waals surface area contributed by atoms with Crippen LogP contribution in [0.4, 0.5) is 5.69 Å². The van der Waals surface area contributed by atoms with Crippen LogP contribution < -0.4 is 9.04 Å². The highest BCUT2D eigenvalue weighted by Crippen LogP contribution is 2.37. The van der Waals surface area contributed by atoms with Gasteiger partial charge in [0, 0.05) is 0 Å². The van der Waals surface area contributed by atoms with Crippen LogP contribution in [0.1, 0.15) is 11.1 Å². The van der Waals surface area contributed by atoms with E-state index < -0.39 is 22.1 Å². The largest absolute Gasteiger partial charge is 0.475 e. The Labute approximate surface area is 147 Å². The number of hydrogen-bond acceptors (Lipinski definition) is 5. The fourth-order valence-corrected chi connectivity index (χ4v) is 4.25. The lowest BCUT2D eigenvalue weighted by Crippen LogP contribution is -2.47. The van der Waals surface area contributed by atoms with Gasteiger partial charge in [0.2, 0.25) is 6.10 Å². The van der Waals surface area contributed by atoms with Gasteiger partial charge in [-0.05, 0) is 49.2 Å². The first-order chi connectivity index (χ1) is 11.8. The summed E-state index contributed by atoms with van der Waals surface area (Å²) in [6, 6.07) is 11.7. The first-order valence-electron chi connectivity index (χ1n) is 7.78. The van der Waals surface area contributed by atoms with Gasteiger partial charge in [-0.3, -0.25) is 4.31 Å². The number of para-hydroxylation sites is 2. The molecule has 0 aromatic heterocycles. The molecule has 1 aliphatic heterocycles. The van der Waals surface area contributed by atoms with Crippen LogP contribution in [0.3, 0.4) is 0 Å². The molecule has 0 spiro atoms. The van der Waals surface area contributed by atoms with E-state index in [2.05, 4.69) is 0 Å². The van der Waals surface area contributed by atoms with Gasteiger partial charge in [-0.25, -0.2) is 13.2 Å². The van der Waals surface area contributed by atoms with E-state index in [1.54, 1.807) is 42.5 Å². The monoisotopic (exact) mass is 361 g/mol. The van der Waals surface area contributed by atoms with Gasteiger partial charge in [-0.15, -0.1) is 0 Å². The maximum Gasteiger partial charge on any atom is 0.348 e. The second-order valence-corrected chi connectivity index (χ2v) is 7.74. The minimum absolute atomic E-state index is 0.140. The molecule has 0 fully saturated rings. The predicted molar refractivity (Wildman–Crippen MR) is 93.3 cm³/mol. The van der Waals surface area contributed by atoms with Crippen LogP contribution in [0.2, 0.25) is 0 Å². The number of sulfonamides is 1. The van der Waals surface area contributed by atoms with Crippen molar-refractivity contribution in [2.45, 2.75) is 24.8 Å². The zero-order valence-electron chi connectivity index (χ0n) is 14.2. The van der Waals surface area contributed by atoms with E-state index in [-0.39, 0.29) is 11.4 Å². The average Bonchev–Trinajstić information content (AvgIpc) is 2.62. The Balaban J connectivity index is 2.10. The number of hydrogen-bond donors (Lipinski definition) is 0. The predicted octanol–water partition coefficient (Wildman–Crippen LogP) is 2.43. The van der Waals surface area contributed by atoms with E-state index in [9.17, 15) is 13.2 Å². The zero-order valence-corrected chi connectivity index (χ0v) is 15.0. The molecule has 0 bridgehead atoms. The molecule has 2 aromatic carbocycles. The smallest absolute Gasteiger partial charge is 0.348 e. The molecule has 3 rings (SSSR count). The molecule has 6 nitrogen and oxygen atoms in total. The van der Waals surface area contributed by atoms with Gasteiger partial charge in [-0.1, -0.05) is 18.2 Å². The van der Waals surface area contributed by atoms with Crippen LogP contribution in [0.5, 0.6) is 5.75 Å². The van der Waals surface area contributed by atoms with E-state index in [4.69, 9.17) is 9.47 Å². The van der Waals surface area contributed by atoms with Crippen LogP contribution >= 0.6 is 0 Å². The highest BCUT2D eigenvalue weighted by molar-refractivity contribution is 7.92. The third-order valence-corrected chi connectivity index (χ3v) is 6.04. The minimum Gasteiger partial charge on any atom is -0.475 e. The molecule has 0 aliphatic carbocycles. The molecule has 2 aromatic rings. The molecule has 0 radical (unpaired) electrons. The molecule has 0 N–H and O–H groups in total. The van der Waals surface area contributed by atoms with Gasteiger partial charge >= 0.3 is 5.97 Å². The summed E-state index contributed by atoms with van der Waals surface area (Å²) in [4.78, 5) is 12.1. The van der Waals surface area contributed by atoms with Crippen LogP contribution in [0.15, 0.2) is 47.4 Å².